The van der Waals surface area contributed by atoms with E-state index in [1.54, 1.807) is 6.07 Å². The van der Waals surface area contributed by atoms with Gasteiger partial charge in [0.2, 0.25) is 5.89 Å². The Labute approximate surface area is 118 Å². The third-order valence-corrected chi connectivity index (χ3v) is 2.68. The molecule has 1 aromatic heterocycles. The average Bonchev–Trinajstić information content (AvgIpc) is 2.85. The molecule has 0 aliphatic rings. The molecule has 2 N–H and O–H groups in total. The van der Waals surface area contributed by atoms with Gasteiger partial charge in [0, 0.05) is 5.92 Å². The smallest absolute Gasteiger partial charge is 0.406 e. The van der Waals surface area contributed by atoms with Crippen LogP contribution in [0.2, 0.25) is 0 Å². The monoisotopic (exact) mass is 301 g/mol. The molecule has 1 unspecified atom stereocenters. The van der Waals surface area contributed by atoms with Gasteiger partial charge in [0.25, 0.3) is 0 Å². The highest BCUT2D eigenvalue weighted by atomic mass is 19.4. The van der Waals surface area contributed by atoms with E-state index in [0.717, 1.165) is 0 Å². The molecular formula is C13H14F3N3O2. The summed E-state index contributed by atoms with van der Waals surface area (Å²) < 4.78 is 45.5. The second-order valence-corrected chi connectivity index (χ2v) is 4.74. The summed E-state index contributed by atoms with van der Waals surface area (Å²) in [5.41, 5.74) is 6.34. The quantitative estimate of drug-likeness (QED) is 0.939. The van der Waals surface area contributed by atoms with Crippen molar-refractivity contribution in [1.82, 2.24) is 10.1 Å². The van der Waals surface area contributed by atoms with E-state index in [-0.39, 0.29) is 17.5 Å². The zero-order valence-electron chi connectivity index (χ0n) is 11.4. The lowest BCUT2D eigenvalue weighted by Gasteiger charge is -2.12. The Morgan fingerprint density at radius 2 is 2.00 bits per heavy atom. The molecule has 0 radical (unpaired) electrons. The third kappa shape index (κ3) is 3.94. The van der Waals surface area contributed by atoms with Crippen LogP contribution in [0.5, 0.6) is 5.75 Å². The van der Waals surface area contributed by atoms with Crippen LogP contribution in [-0.2, 0) is 0 Å². The first-order valence-corrected chi connectivity index (χ1v) is 6.21. The fourth-order valence-electron chi connectivity index (χ4n) is 1.66. The number of rotatable bonds is 4. The van der Waals surface area contributed by atoms with Crippen LogP contribution in [0.15, 0.2) is 28.8 Å². The summed E-state index contributed by atoms with van der Waals surface area (Å²) in [4.78, 5) is 4.12. The first-order chi connectivity index (χ1) is 9.76. The summed E-state index contributed by atoms with van der Waals surface area (Å²) in [5.74, 6) is 0.326. The molecule has 2 aromatic rings. The predicted octanol–water partition coefficient (Wildman–Crippen LogP) is 3.14. The molecular weight excluding hydrogens is 287 g/mol. The average molecular weight is 301 g/mol. The van der Waals surface area contributed by atoms with Gasteiger partial charge in [0.05, 0.1) is 6.04 Å². The van der Waals surface area contributed by atoms with E-state index < -0.39 is 12.4 Å². The maximum atomic E-state index is 12.2. The molecule has 0 aliphatic carbocycles. The number of ether oxygens (including phenoxy) is 1. The van der Waals surface area contributed by atoms with Gasteiger partial charge >= 0.3 is 6.36 Å². The number of halogens is 3. The van der Waals surface area contributed by atoms with Gasteiger partial charge in [0.1, 0.15) is 5.75 Å². The van der Waals surface area contributed by atoms with Gasteiger partial charge in [-0.2, -0.15) is 4.98 Å². The van der Waals surface area contributed by atoms with Crippen LogP contribution in [0.25, 0.3) is 0 Å². The number of benzene rings is 1. The molecule has 0 bridgehead atoms. The number of hydrogen-bond acceptors (Lipinski definition) is 5. The molecule has 0 spiro atoms. The van der Waals surface area contributed by atoms with Crippen molar-refractivity contribution >= 4 is 0 Å². The summed E-state index contributed by atoms with van der Waals surface area (Å²) in [5, 5.41) is 3.74. The molecule has 5 nitrogen and oxygen atoms in total. The van der Waals surface area contributed by atoms with Crippen molar-refractivity contribution in [2.24, 2.45) is 5.73 Å². The van der Waals surface area contributed by atoms with Crippen LogP contribution in [0.3, 0.4) is 0 Å². The van der Waals surface area contributed by atoms with E-state index in [1.807, 2.05) is 13.8 Å². The van der Waals surface area contributed by atoms with Gasteiger partial charge in [-0.15, -0.1) is 13.2 Å². The van der Waals surface area contributed by atoms with Crippen LogP contribution < -0.4 is 10.5 Å². The van der Waals surface area contributed by atoms with Crippen molar-refractivity contribution in [3.8, 4) is 5.75 Å². The topological polar surface area (TPSA) is 74.2 Å². The van der Waals surface area contributed by atoms with Gasteiger partial charge in [0.15, 0.2) is 5.82 Å². The highest BCUT2D eigenvalue weighted by Crippen LogP contribution is 2.26. The Bertz CT molecular complexity index is 611. The van der Waals surface area contributed by atoms with Gasteiger partial charge in [-0.1, -0.05) is 31.1 Å². The molecule has 114 valence electrons. The van der Waals surface area contributed by atoms with Gasteiger partial charge < -0.3 is 15.0 Å². The SMILES string of the molecule is CC(C)c1nc(C(N)c2cccc(OC(F)(F)F)c2)no1. The standard InChI is InChI=1S/C13H14F3N3O2/c1-7(2)12-18-11(19-21-12)10(17)8-4-3-5-9(6-8)20-13(14,15)16/h3-7,10H,17H2,1-2H3. The van der Waals surface area contributed by atoms with Crippen molar-refractivity contribution in [3.05, 3.63) is 41.5 Å². The number of aromatic nitrogens is 2. The summed E-state index contributed by atoms with van der Waals surface area (Å²) in [6.45, 7) is 3.75. The summed E-state index contributed by atoms with van der Waals surface area (Å²) in [7, 11) is 0. The minimum absolute atomic E-state index is 0.0401. The zero-order chi connectivity index (χ0) is 15.6. The molecule has 8 heteroatoms. The van der Waals surface area contributed by atoms with Crippen molar-refractivity contribution in [3.63, 3.8) is 0 Å². The third-order valence-electron chi connectivity index (χ3n) is 2.68. The van der Waals surface area contributed by atoms with Crippen molar-refractivity contribution in [2.45, 2.75) is 32.2 Å². The Morgan fingerprint density at radius 3 is 2.57 bits per heavy atom. The Kier molecular flexibility index (Phi) is 4.17. The first-order valence-electron chi connectivity index (χ1n) is 6.21. The minimum atomic E-state index is -4.75. The van der Waals surface area contributed by atoms with Crippen LogP contribution >= 0.6 is 0 Å². The minimum Gasteiger partial charge on any atom is -0.406 e. The van der Waals surface area contributed by atoms with Crippen LogP contribution in [0.4, 0.5) is 13.2 Å². The van der Waals surface area contributed by atoms with Gasteiger partial charge in [-0.3, -0.25) is 0 Å². The molecule has 1 heterocycles. The van der Waals surface area contributed by atoms with E-state index in [0.29, 0.717) is 11.5 Å². The Hall–Kier alpha value is -2.09. The van der Waals surface area contributed by atoms with Crippen LogP contribution in [0, 0.1) is 0 Å². The molecule has 0 aliphatic heterocycles. The number of hydrogen-bond donors (Lipinski definition) is 1. The number of nitrogens with zero attached hydrogens (tertiary/aromatic N) is 2. The number of nitrogens with two attached hydrogens (primary N) is 1. The van der Waals surface area contributed by atoms with Crippen LogP contribution in [0.1, 0.15) is 43.1 Å². The van der Waals surface area contributed by atoms with Crippen molar-refractivity contribution < 1.29 is 22.4 Å². The molecule has 1 aromatic carbocycles. The van der Waals surface area contributed by atoms with E-state index in [9.17, 15) is 13.2 Å². The zero-order valence-corrected chi connectivity index (χ0v) is 11.4. The fourth-order valence-corrected chi connectivity index (χ4v) is 1.66. The molecule has 0 saturated carbocycles. The second kappa shape index (κ2) is 5.72. The second-order valence-electron chi connectivity index (χ2n) is 4.74. The normalized spacial score (nSPS) is 13.5. The fraction of sp³-hybridized carbons (Fsp3) is 0.385. The summed E-state index contributed by atoms with van der Waals surface area (Å²) >= 11 is 0. The predicted molar refractivity (Wildman–Crippen MR) is 67.5 cm³/mol. The highest BCUT2D eigenvalue weighted by molar-refractivity contribution is 5.33. The van der Waals surface area contributed by atoms with Gasteiger partial charge in [-0.25, -0.2) is 0 Å². The maximum Gasteiger partial charge on any atom is 0.573 e. The molecule has 2 rings (SSSR count). The summed E-state index contributed by atoms with van der Waals surface area (Å²) in [6.07, 6.45) is -4.75. The van der Waals surface area contributed by atoms with Crippen LogP contribution in [-0.4, -0.2) is 16.5 Å². The molecule has 21 heavy (non-hydrogen) atoms. The number of alkyl halides is 3. The lowest BCUT2D eigenvalue weighted by molar-refractivity contribution is -0.274. The molecule has 1 atom stereocenters. The molecule has 0 amide bonds. The van der Waals surface area contributed by atoms with Crippen molar-refractivity contribution in [1.29, 1.82) is 0 Å². The molecule has 0 fully saturated rings. The van der Waals surface area contributed by atoms with E-state index in [1.165, 1.54) is 18.2 Å². The largest absolute Gasteiger partial charge is 0.573 e. The highest BCUT2D eigenvalue weighted by Gasteiger charge is 2.31. The maximum absolute atomic E-state index is 12.2. The Balaban J connectivity index is 2.22. The van der Waals surface area contributed by atoms with E-state index in [2.05, 4.69) is 14.9 Å². The lowest BCUT2D eigenvalue weighted by atomic mass is 10.1. The van der Waals surface area contributed by atoms with E-state index >= 15 is 0 Å². The first kappa shape index (κ1) is 15.3. The van der Waals surface area contributed by atoms with E-state index in [4.69, 9.17) is 10.3 Å². The van der Waals surface area contributed by atoms with Gasteiger partial charge in [-0.05, 0) is 17.7 Å². The summed E-state index contributed by atoms with van der Waals surface area (Å²) in [6, 6.07) is 4.58. The Morgan fingerprint density at radius 1 is 1.29 bits per heavy atom. The van der Waals surface area contributed by atoms with Crippen molar-refractivity contribution in [2.75, 3.05) is 0 Å². The lowest BCUT2D eigenvalue weighted by Crippen LogP contribution is -2.18. The molecule has 0 saturated heterocycles.